The van der Waals surface area contributed by atoms with E-state index >= 15 is 0 Å². The molecule has 0 aliphatic heterocycles. The van der Waals surface area contributed by atoms with Crippen LogP contribution in [0.2, 0.25) is 0 Å². The predicted octanol–water partition coefficient (Wildman–Crippen LogP) is 4.50. The third kappa shape index (κ3) is 2.54. The molecule has 2 heterocycles. The molecule has 4 rings (SSSR count). The Balaban J connectivity index is 1.77. The van der Waals surface area contributed by atoms with Crippen LogP contribution in [0.25, 0.3) is 11.1 Å². The fourth-order valence-corrected chi connectivity index (χ4v) is 2.74. The van der Waals surface area contributed by atoms with E-state index in [0.29, 0.717) is 22.9 Å². The van der Waals surface area contributed by atoms with Gasteiger partial charge in [0.05, 0.1) is 6.20 Å². The fourth-order valence-electron chi connectivity index (χ4n) is 2.74. The first-order valence-electron chi connectivity index (χ1n) is 7.52. The second kappa shape index (κ2) is 5.12. The van der Waals surface area contributed by atoms with Gasteiger partial charge in [-0.25, -0.2) is 9.78 Å². The number of ether oxygens (including phenoxy) is 1. The van der Waals surface area contributed by atoms with E-state index in [4.69, 9.17) is 9.15 Å². The number of carboxylic acids is 1. The lowest BCUT2D eigenvalue weighted by molar-refractivity contribution is 0.0695. The van der Waals surface area contributed by atoms with Crippen LogP contribution in [-0.4, -0.2) is 16.1 Å². The number of furan rings is 1. The molecule has 0 spiro atoms. The van der Waals surface area contributed by atoms with Gasteiger partial charge >= 0.3 is 5.97 Å². The second-order valence-electron chi connectivity index (χ2n) is 5.82. The number of fused-ring (bicyclic) bond motifs is 1. The third-order valence-electron chi connectivity index (χ3n) is 3.98. The van der Waals surface area contributed by atoms with E-state index in [0.717, 1.165) is 0 Å². The van der Waals surface area contributed by atoms with Crippen molar-refractivity contribution in [2.75, 3.05) is 0 Å². The van der Waals surface area contributed by atoms with Crippen LogP contribution < -0.4 is 4.74 Å². The quantitative estimate of drug-likeness (QED) is 0.768. The Kier molecular flexibility index (Phi) is 3.08. The number of hydrogen-bond donors (Lipinski definition) is 1. The molecule has 0 bridgehead atoms. The summed E-state index contributed by atoms with van der Waals surface area (Å²) in [5, 5.41) is 9.54. The molecule has 1 fully saturated rings. The average Bonchev–Trinajstić information content (AvgIpc) is 3.29. The minimum absolute atomic E-state index is 0.0000694. The molecule has 116 valence electrons. The van der Waals surface area contributed by atoms with Gasteiger partial charge in [0.1, 0.15) is 22.6 Å². The van der Waals surface area contributed by atoms with Crippen molar-refractivity contribution in [2.24, 2.45) is 0 Å². The number of nitrogens with zero attached hydrogens (tertiary/aromatic N) is 1. The van der Waals surface area contributed by atoms with Crippen LogP contribution in [0, 0.1) is 6.92 Å². The summed E-state index contributed by atoms with van der Waals surface area (Å²) in [6, 6.07) is 9.47. The molecule has 0 unspecified atom stereocenters. The van der Waals surface area contributed by atoms with Crippen molar-refractivity contribution in [2.45, 2.75) is 25.7 Å². The molecule has 0 radical (unpaired) electrons. The first-order valence-corrected chi connectivity index (χ1v) is 7.52. The van der Waals surface area contributed by atoms with E-state index in [1.165, 1.54) is 24.6 Å². The molecule has 0 saturated heterocycles. The molecule has 1 aromatic carbocycles. The Labute approximate surface area is 132 Å². The number of pyridine rings is 1. The average molecular weight is 309 g/mol. The van der Waals surface area contributed by atoms with Gasteiger partial charge in [-0.2, -0.15) is 0 Å². The summed E-state index contributed by atoms with van der Waals surface area (Å²) in [7, 11) is 0. The van der Waals surface area contributed by atoms with Crippen molar-refractivity contribution < 1.29 is 19.1 Å². The zero-order valence-electron chi connectivity index (χ0n) is 12.6. The van der Waals surface area contributed by atoms with E-state index < -0.39 is 5.97 Å². The lowest BCUT2D eigenvalue weighted by Crippen LogP contribution is -2.01. The highest BCUT2D eigenvalue weighted by molar-refractivity contribution is 6.02. The van der Waals surface area contributed by atoms with Crippen molar-refractivity contribution in [3.05, 3.63) is 53.4 Å². The van der Waals surface area contributed by atoms with E-state index in [1.807, 2.05) is 18.2 Å². The maximum Gasteiger partial charge on any atom is 0.343 e. The topological polar surface area (TPSA) is 72.6 Å². The number of aromatic nitrogens is 1. The zero-order chi connectivity index (χ0) is 16.0. The van der Waals surface area contributed by atoms with Crippen molar-refractivity contribution in [1.29, 1.82) is 0 Å². The first-order chi connectivity index (χ1) is 11.1. The fraction of sp³-hybridized carbons (Fsp3) is 0.222. The summed E-state index contributed by atoms with van der Waals surface area (Å²) in [5.41, 5.74) is 1.98. The molecule has 0 amide bonds. The van der Waals surface area contributed by atoms with Crippen LogP contribution >= 0.6 is 0 Å². The minimum Gasteiger partial charge on any atom is -0.477 e. The van der Waals surface area contributed by atoms with Crippen LogP contribution in [0.3, 0.4) is 0 Å². The van der Waals surface area contributed by atoms with Crippen molar-refractivity contribution in [1.82, 2.24) is 4.98 Å². The van der Waals surface area contributed by atoms with Gasteiger partial charge < -0.3 is 14.3 Å². The molecule has 1 aliphatic rings. The standard InChI is InChI=1S/C18H15NO4/c1-10-7-14-17(22-10)16(18(20)21)15(9-19-14)23-13-4-2-3-12(8-13)11-5-6-11/h2-4,7-9,11H,5-6H2,1H3,(H,20,21). The summed E-state index contributed by atoms with van der Waals surface area (Å²) < 4.78 is 11.3. The highest BCUT2D eigenvalue weighted by Crippen LogP contribution is 2.41. The number of aromatic carboxylic acids is 1. The molecule has 5 heteroatoms. The lowest BCUT2D eigenvalue weighted by Gasteiger charge is -2.09. The van der Waals surface area contributed by atoms with E-state index in [2.05, 4.69) is 11.1 Å². The van der Waals surface area contributed by atoms with E-state index in [1.54, 1.807) is 13.0 Å². The Hall–Kier alpha value is -2.82. The largest absolute Gasteiger partial charge is 0.477 e. The van der Waals surface area contributed by atoms with Crippen molar-refractivity contribution >= 4 is 17.1 Å². The number of rotatable bonds is 4. The van der Waals surface area contributed by atoms with E-state index in [9.17, 15) is 9.90 Å². The van der Waals surface area contributed by atoms with Crippen LogP contribution in [0.5, 0.6) is 11.5 Å². The van der Waals surface area contributed by atoms with Gasteiger partial charge in [-0.3, -0.25) is 0 Å². The molecule has 23 heavy (non-hydrogen) atoms. The van der Waals surface area contributed by atoms with Crippen LogP contribution in [-0.2, 0) is 0 Å². The number of aryl methyl sites for hydroxylation is 1. The molecular weight excluding hydrogens is 294 g/mol. The Morgan fingerprint density at radius 2 is 2.17 bits per heavy atom. The van der Waals surface area contributed by atoms with Crippen LogP contribution in [0.4, 0.5) is 0 Å². The molecule has 1 aliphatic carbocycles. The highest BCUT2D eigenvalue weighted by Gasteiger charge is 2.24. The minimum atomic E-state index is -1.10. The Morgan fingerprint density at radius 1 is 1.35 bits per heavy atom. The molecular formula is C18H15NO4. The van der Waals surface area contributed by atoms with Gasteiger partial charge in [0.25, 0.3) is 0 Å². The van der Waals surface area contributed by atoms with Crippen molar-refractivity contribution in [3.63, 3.8) is 0 Å². The van der Waals surface area contributed by atoms with E-state index in [-0.39, 0.29) is 16.9 Å². The molecule has 1 N–H and O–H groups in total. The number of carbonyl (C=O) groups is 1. The van der Waals surface area contributed by atoms with Gasteiger partial charge in [-0.15, -0.1) is 0 Å². The van der Waals surface area contributed by atoms with Crippen molar-refractivity contribution in [3.8, 4) is 11.5 Å². The predicted molar refractivity (Wildman–Crippen MR) is 84.2 cm³/mol. The lowest BCUT2D eigenvalue weighted by atomic mass is 10.1. The summed E-state index contributed by atoms with van der Waals surface area (Å²) >= 11 is 0. The molecule has 2 aromatic heterocycles. The number of benzene rings is 1. The number of hydrogen-bond acceptors (Lipinski definition) is 4. The summed E-state index contributed by atoms with van der Waals surface area (Å²) in [6.07, 6.45) is 3.83. The maximum atomic E-state index is 11.7. The van der Waals surface area contributed by atoms with Crippen LogP contribution in [0.15, 0.2) is 40.9 Å². The normalized spacial score (nSPS) is 14.1. The monoisotopic (exact) mass is 309 g/mol. The van der Waals surface area contributed by atoms with Gasteiger partial charge in [0.15, 0.2) is 11.3 Å². The number of carboxylic acid groups (broad SMARTS) is 1. The molecule has 3 aromatic rings. The van der Waals surface area contributed by atoms with Gasteiger partial charge in [0.2, 0.25) is 0 Å². The zero-order valence-corrected chi connectivity index (χ0v) is 12.6. The third-order valence-corrected chi connectivity index (χ3v) is 3.98. The molecule has 5 nitrogen and oxygen atoms in total. The molecule has 1 saturated carbocycles. The summed E-state index contributed by atoms with van der Waals surface area (Å²) in [5.74, 6) is 0.919. The van der Waals surface area contributed by atoms with Gasteiger partial charge in [-0.1, -0.05) is 12.1 Å². The Bertz CT molecular complexity index is 909. The second-order valence-corrected chi connectivity index (χ2v) is 5.82. The summed E-state index contributed by atoms with van der Waals surface area (Å²) in [4.78, 5) is 15.9. The van der Waals surface area contributed by atoms with Gasteiger partial charge in [0, 0.05) is 6.07 Å². The Morgan fingerprint density at radius 3 is 2.91 bits per heavy atom. The first kappa shape index (κ1) is 13.8. The van der Waals surface area contributed by atoms with Gasteiger partial charge in [-0.05, 0) is 43.4 Å². The maximum absolute atomic E-state index is 11.7. The smallest absolute Gasteiger partial charge is 0.343 e. The highest BCUT2D eigenvalue weighted by atomic mass is 16.5. The molecule has 0 atom stereocenters. The van der Waals surface area contributed by atoms with Crippen LogP contribution in [0.1, 0.15) is 40.4 Å². The summed E-state index contributed by atoms with van der Waals surface area (Å²) in [6.45, 7) is 1.76. The SMILES string of the molecule is Cc1cc2ncc(Oc3cccc(C4CC4)c3)c(C(=O)O)c2o1.